The number of aliphatic carboxylic acids is 3. The number of carboxylic acids is 3. The van der Waals surface area contributed by atoms with Gasteiger partial charge < -0.3 is 62.8 Å². The standard InChI is InChI=1S/C42H69N9O14S/c1-20(2)31(43)41(63)51-17-10-12-28(51)37(59)49-33(22(5)6)38(60)45-24(13-14-29(52)53)35(57)44-23(7)34(56)48-32(21(3)4)39(61)47-26(19-30(54)55)40(62)50-16-9-11-27(50)36(58)46-25(42(64)65)15-18-66-8/h20-28,31-33H,9-19,43H2,1-8H3,(H,44,57)(H,45,60)(H,46,58)(H,47,61)(H,48,56)(H,49,59)(H,52,53)(H,54,55)(H,64,65)/t23-,24-,25-,26-,27-,28-,31-,32-,33-/m0/s1. The first-order valence-corrected chi connectivity index (χ1v) is 23.6. The van der Waals surface area contributed by atoms with E-state index in [1.165, 1.54) is 23.6 Å². The number of hydrogen-bond donors (Lipinski definition) is 10. The number of carbonyl (C=O) groups excluding carboxylic acids is 8. The molecule has 0 aromatic heterocycles. The molecule has 11 N–H and O–H groups in total. The zero-order valence-electron chi connectivity index (χ0n) is 38.9. The molecule has 0 saturated carbocycles. The van der Waals surface area contributed by atoms with E-state index in [0.717, 1.165) is 4.90 Å². The molecule has 66 heavy (non-hydrogen) atoms. The summed E-state index contributed by atoms with van der Waals surface area (Å²) in [5.74, 6) is -11.4. The fourth-order valence-corrected chi connectivity index (χ4v) is 7.93. The fraction of sp³-hybridized carbons (Fsp3) is 0.738. The Bertz CT molecular complexity index is 1800. The number of carbonyl (C=O) groups is 11. The monoisotopic (exact) mass is 955 g/mol. The lowest BCUT2D eigenvalue weighted by molar-refractivity contribution is -0.147. The third-order valence-corrected chi connectivity index (χ3v) is 12.1. The van der Waals surface area contributed by atoms with Crippen LogP contribution in [0.5, 0.6) is 0 Å². The van der Waals surface area contributed by atoms with Crippen molar-refractivity contribution in [3.05, 3.63) is 0 Å². The van der Waals surface area contributed by atoms with E-state index in [2.05, 4.69) is 31.9 Å². The minimum absolute atomic E-state index is 0.0171. The predicted octanol–water partition coefficient (Wildman–Crippen LogP) is -1.63. The van der Waals surface area contributed by atoms with Crippen LogP contribution >= 0.6 is 11.8 Å². The van der Waals surface area contributed by atoms with Crippen molar-refractivity contribution in [2.75, 3.05) is 25.1 Å². The molecular formula is C42H69N9O14S. The molecule has 0 aromatic carbocycles. The van der Waals surface area contributed by atoms with Crippen molar-refractivity contribution < 1.29 is 68.1 Å². The maximum atomic E-state index is 13.8. The van der Waals surface area contributed by atoms with Crippen molar-refractivity contribution in [1.82, 2.24) is 41.7 Å². The molecule has 2 heterocycles. The van der Waals surface area contributed by atoms with Crippen LogP contribution in [0.3, 0.4) is 0 Å². The van der Waals surface area contributed by atoms with Gasteiger partial charge in [0.25, 0.3) is 0 Å². The van der Waals surface area contributed by atoms with Gasteiger partial charge in [-0.15, -0.1) is 0 Å². The second-order valence-corrected chi connectivity index (χ2v) is 18.7. The van der Waals surface area contributed by atoms with Gasteiger partial charge in [-0.3, -0.25) is 47.9 Å². The first-order valence-electron chi connectivity index (χ1n) is 22.2. The fourth-order valence-electron chi connectivity index (χ4n) is 7.46. The third-order valence-electron chi connectivity index (χ3n) is 11.4. The number of amides is 8. The van der Waals surface area contributed by atoms with Crippen molar-refractivity contribution in [2.45, 2.75) is 154 Å². The summed E-state index contributed by atoms with van der Waals surface area (Å²) in [6.07, 6.45) is 1.33. The Balaban J connectivity index is 2.20. The molecule has 9 atom stereocenters. The summed E-state index contributed by atoms with van der Waals surface area (Å²) < 4.78 is 0. The van der Waals surface area contributed by atoms with Crippen LogP contribution in [-0.2, 0) is 52.7 Å². The first kappa shape index (κ1) is 56.6. The summed E-state index contributed by atoms with van der Waals surface area (Å²) in [7, 11) is 0. The second kappa shape index (κ2) is 26.6. The number of nitrogens with two attached hydrogens (primary N) is 1. The molecule has 372 valence electrons. The quantitative estimate of drug-likeness (QED) is 0.0465. The Labute approximate surface area is 388 Å². The van der Waals surface area contributed by atoms with Crippen molar-refractivity contribution in [2.24, 2.45) is 23.5 Å². The molecule has 2 fully saturated rings. The average Bonchev–Trinajstić information content (AvgIpc) is 3.94. The number of rotatable bonds is 26. The van der Waals surface area contributed by atoms with Crippen molar-refractivity contribution in [1.29, 1.82) is 0 Å². The van der Waals surface area contributed by atoms with Crippen LogP contribution in [0.15, 0.2) is 0 Å². The SMILES string of the molecule is CSCC[C@H](NC(=O)[C@@H]1CCCN1C(=O)[C@H](CC(=O)O)NC(=O)[C@@H](NC(=O)[C@H](C)NC(=O)[C@H](CCC(=O)O)NC(=O)[C@@H](NC(=O)[C@@H]1CCCN1C(=O)[C@@H](N)C(C)C)C(C)C)C(C)C)C(=O)O. The van der Waals surface area contributed by atoms with Crippen molar-refractivity contribution >= 4 is 76.9 Å². The molecule has 2 saturated heterocycles. The van der Waals surface area contributed by atoms with E-state index in [4.69, 9.17) is 5.73 Å². The minimum atomic E-state index is -1.70. The predicted molar refractivity (Wildman–Crippen MR) is 239 cm³/mol. The van der Waals surface area contributed by atoms with Gasteiger partial charge in [0.2, 0.25) is 47.3 Å². The topological polar surface area (TPSA) is 353 Å². The Kier molecular flexibility index (Phi) is 22.8. The molecule has 0 radical (unpaired) electrons. The van der Waals surface area contributed by atoms with Gasteiger partial charge in [0.15, 0.2) is 0 Å². The molecule has 23 nitrogen and oxygen atoms in total. The molecule has 0 unspecified atom stereocenters. The largest absolute Gasteiger partial charge is 0.481 e. The molecule has 0 bridgehead atoms. The number of nitrogens with zero attached hydrogens (tertiary/aromatic N) is 2. The van der Waals surface area contributed by atoms with Crippen LogP contribution in [0.4, 0.5) is 0 Å². The molecule has 0 aromatic rings. The van der Waals surface area contributed by atoms with Crippen LogP contribution in [0.2, 0.25) is 0 Å². The summed E-state index contributed by atoms with van der Waals surface area (Å²) in [4.78, 5) is 146. The van der Waals surface area contributed by atoms with Crippen LogP contribution in [0.1, 0.15) is 99.8 Å². The van der Waals surface area contributed by atoms with Gasteiger partial charge in [-0.25, -0.2) is 4.79 Å². The first-order chi connectivity index (χ1) is 30.8. The molecule has 8 amide bonds. The number of hydrogen-bond acceptors (Lipinski definition) is 13. The molecule has 2 aliphatic heterocycles. The number of nitrogens with one attached hydrogen (secondary N) is 6. The Morgan fingerprint density at radius 3 is 1.55 bits per heavy atom. The lowest BCUT2D eigenvalue weighted by Gasteiger charge is -2.31. The van der Waals surface area contributed by atoms with Gasteiger partial charge in [0, 0.05) is 19.5 Å². The molecule has 2 aliphatic rings. The normalized spacial score (nSPS) is 19.2. The maximum Gasteiger partial charge on any atom is 0.326 e. The summed E-state index contributed by atoms with van der Waals surface area (Å²) in [5, 5.41) is 43.5. The van der Waals surface area contributed by atoms with E-state index in [9.17, 15) is 68.1 Å². The van der Waals surface area contributed by atoms with E-state index in [1.807, 2.05) is 0 Å². The maximum absolute atomic E-state index is 13.8. The second-order valence-electron chi connectivity index (χ2n) is 17.7. The Hall–Kier alpha value is -5.52. The average molecular weight is 956 g/mol. The minimum Gasteiger partial charge on any atom is -0.481 e. The summed E-state index contributed by atoms with van der Waals surface area (Å²) in [6, 6.07) is -11.4. The summed E-state index contributed by atoms with van der Waals surface area (Å²) in [6.45, 7) is 11.5. The van der Waals surface area contributed by atoms with Gasteiger partial charge in [-0.05, 0) is 75.2 Å². The van der Waals surface area contributed by atoms with E-state index in [-0.39, 0.29) is 25.3 Å². The summed E-state index contributed by atoms with van der Waals surface area (Å²) >= 11 is 1.38. The smallest absolute Gasteiger partial charge is 0.326 e. The van der Waals surface area contributed by atoms with Crippen LogP contribution in [0.25, 0.3) is 0 Å². The molecule has 0 aliphatic carbocycles. The molecule has 0 spiro atoms. The van der Waals surface area contributed by atoms with Gasteiger partial charge in [0.05, 0.1) is 12.5 Å². The van der Waals surface area contributed by atoms with E-state index in [0.29, 0.717) is 31.6 Å². The molecule has 24 heteroatoms. The number of likely N-dealkylation sites (tertiary alicyclic amines) is 2. The highest BCUT2D eigenvalue weighted by atomic mass is 32.2. The van der Waals surface area contributed by atoms with E-state index in [1.54, 1.807) is 47.8 Å². The summed E-state index contributed by atoms with van der Waals surface area (Å²) in [5.41, 5.74) is 6.07. The van der Waals surface area contributed by atoms with Crippen LogP contribution in [-0.4, -0.2) is 170 Å². The van der Waals surface area contributed by atoms with Crippen LogP contribution in [0, 0.1) is 17.8 Å². The van der Waals surface area contributed by atoms with Crippen LogP contribution < -0.4 is 37.6 Å². The van der Waals surface area contributed by atoms with Gasteiger partial charge in [-0.1, -0.05) is 41.5 Å². The van der Waals surface area contributed by atoms with Crippen molar-refractivity contribution in [3.8, 4) is 0 Å². The van der Waals surface area contributed by atoms with E-state index >= 15 is 0 Å². The van der Waals surface area contributed by atoms with Crippen molar-refractivity contribution in [3.63, 3.8) is 0 Å². The number of carboxylic acid groups (broad SMARTS) is 3. The highest BCUT2D eigenvalue weighted by molar-refractivity contribution is 7.98. The van der Waals surface area contributed by atoms with E-state index < -0.39 is 151 Å². The Morgan fingerprint density at radius 2 is 1.08 bits per heavy atom. The van der Waals surface area contributed by atoms with Gasteiger partial charge in [0.1, 0.15) is 48.3 Å². The molecule has 2 rings (SSSR count). The highest BCUT2D eigenvalue weighted by Crippen LogP contribution is 2.22. The molecular weight excluding hydrogens is 887 g/mol. The Morgan fingerprint density at radius 1 is 0.576 bits per heavy atom. The van der Waals surface area contributed by atoms with Gasteiger partial charge in [-0.2, -0.15) is 11.8 Å². The number of thioether (sulfide) groups is 1. The highest BCUT2D eigenvalue weighted by Gasteiger charge is 2.42. The third kappa shape index (κ3) is 16.7. The zero-order chi connectivity index (χ0) is 50.2. The lowest BCUT2D eigenvalue weighted by Crippen LogP contribution is -2.61. The lowest BCUT2D eigenvalue weighted by atomic mass is 10.0. The zero-order valence-corrected chi connectivity index (χ0v) is 39.7. The van der Waals surface area contributed by atoms with Gasteiger partial charge >= 0.3 is 17.9 Å².